The summed E-state index contributed by atoms with van der Waals surface area (Å²) >= 11 is 0. The highest BCUT2D eigenvalue weighted by molar-refractivity contribution is 5.85. The van der Waals surface area contributed by atoms with Gasteiger partial charge in [0.25, 0.3) is 5.69 Å². The fraction of sp³-hybridized carbons (Fsp3) is 0. The Hall–Kier alpha value is -3.42. The number of nitro benzene ring substituents is 1. The van der Waals surface area contributed by atoms with Gasteiger partial charge in [0, 0.05) is 12.1 Å². The lowest BCUT2D eigenvalue weighted by Gasteiger charge is -2.03. The molecule has 0 saturated heterocycles. The van der Waals surface area contributed by atoms with E-state index in [-0.39, 0.29) is 17.5 Å². The predicted octanol–water partition coefficient (Wildman–Crippen LogP) is 3.35. The number of aromatic nitrogens is 1. The Morgan fingerprint density at radius 3 is 2.59 bits per heavy atom. The minimum Gasteiger partial charge on any atom is -0.423 e. The van der Waals surface area contributed by atoms with E-state index in [0.29, 0.717) is 11.1 Å². The molecule has 0 saturated carbocycles. The van der Waals surface area contributed by atoms with Gasteiger partial charge in [0.2, 0.25) is 0 Å². The number of hydrogen-bond acceptors (Lipinski definition) is 6. The van der Waals surface area contributed by atoms with Crippen LogP contribution in [0.25, 0.3) is 11.1 Å². The van der Waals surface area contributed by atoms with Gasteiger partial charge in [0.1, 0.15) is 11.3 Å². The third-order valence-electron chi connectivity index (χ3n) is 2.76. The minimum atomic E-state index is -0.805. The van der Waals surface area contributed by atoms with Crippen LogP contribution in [0.15, 0.2) is 52.9 Å². The van der Waals surface area contributed by atoms with Gasteiger partial charge in [-0.25, -0.2) is 10.1 Å². The molecule has 8 nitrogen and oxygen atoms in total. The Morgan fingerprint density at radius 1 is 1.18 bits per heavy atom. The van der Waals surface area contributed by atoms with Gasteiger partial charge in [-0.05, 0) is 24.3 Å². The van der Waals surface area contributed by atoms with Crippen LogP contribution in [-0.4, -0.2) is 16.0 Å². The first-order chi connectivity index (χ1) is 10.6. The fourth-order valence-electron chi connectivity index (χ4n) is 1.78. The number of amides is 1. The van der Waals surface area contributed by atoms with Crippen molar-refractivity contribution < 1.29 is 18.9 Å². The summed E-state index contributed by atoms with van der Waals surface area (Å²) in [6.07, 6.45) is -0.805. The number of oxazole rings is 1. The molecule has 0 unspecified atom stereocenters. The number of rotatable bonds is 3. The topological polar surface area (TPSA) is 108 Å². The average Bonchev–Trinajstić information content (AvgIpc) is 2.89. The normalized spacial score (nSPS) is 10.4. The molecule has 1 N–H and O–H groups in total. The zero-order valence-corrected chi connectivity index (χ0v) is 11.1. The molecule has 22 heavy (non-hydrogen) atoms. The second-order valence-corrected chi connectivity index (χ2v) is 4.25. The zero-order chi connectivity index (χ0) is 15.5. The Balaban J connectivity index is 1.68. The number of benzene rings is 2. The predicted molar refractivity (Wildman–Crippen MR) is 76.8 cm³/mol. The van der Waals surface area contributed by atoms with Crippen LogP contribution >= 0.6 is 0 Å². The number of nitrogens with one attached hydrogen (secondary N) is 1. The van der Waals surface area contributed by atoms with Crippen molar-refractivity contribution in [1.29, 1.82) is 0 Å². The molecule has 0 fully saturated rings. The van der Waals surface area contributed by atoms with Crippen molar-refractivity contribution in [3.05, 3.63) is 58.6 Å². The molecule has 8 heteroatoms. The van der Waals surface area contributed by atoms with Gasteiger partial charge in [-0.2, -0.15) is 4.98 Å². The summed E-state index contributed by atoms with van der Waals surface area (Å²) in [7, 11) is 0. The number of nitrogens with zero attached hydrogens (tertiary/aromatic N) is 2. The Bertz CT molecular complexity index is 808. The van der Waals surface area contributed by atoms with Crippen LogP contribution in [-0.2, 0) is 0 Å². The summed E-state index contributed by atoms with van der Waals surface area (Å²) in [5, 5.41) is 12.9. The lowest BCUT2D eigenvalue weighted by molar-refractivity contribution is -0.384. The quantitative estimate of drug-likeness (QED) is 0.587. The second-order valence-electron chi connectivity index (χ2n) is 4.25. The van der Waals surface area contributed by atoms with E-state index in [9.17, 15) is 14.9 Å². The van der Waals surface area contributed by atoms with Crippen LogP contribution in [0, 0.1) is 10.1 Å². The first kappa shape index (κ1) is 13.6. The van der Waals surface area contributed by atoms with Crippen molar-refractivity contribution in [1.82, 2.24) is 4.98 Å². The van der Waals surface area contributed by atoms with E-state index >= 15 is 0 Å². The minimum absolute atomic E-state index is 0.00751. The molecule has 0 atom stereocenters. The highest BCUT2D eigenvalue weighted by atomic mass is 16.6. The van der Waals surface area contributed by atoms with E-state index < -0.39 is 11.0 Å². The number of anilines is 1. The van der Waals surface area contributed by atoms with Crippen molar-refractivity contribution in [3.8, 4) is 5.75 Å². The van der Waals surface area contributed by atoms with E-state index in [2.05, 4.69) is 10.3 Å². The molecule has 0 aliphatic heterocycles. The molecule has 3 rings (SSSR count). The van der Waals surface area contributed by atoms with Gasteiger partial charge < -0.3 is 9.15 Å². The average molecular weight is 299 g/mol. The molecular formula is C14H9N3O5. The van der Waals surface area contributed by atoms with Crippen LogP contribution in [0.4, 0.5) is 16.5 Å². The number of carbonyl (C=O) groups excluding carboxylic acids is 1. The van der Waals surface area contributed by atoms with Gasteiger partial charge in [0.05, 0.1) is 4.92 Å². The molecule has 3 aromatic rings. The molecular weight excluding hydrogens is 290 g/mol. The molecule has 1 heterocycles. The number of carbonyl (C=O) groups is 1. The maximum absolute atomic E-state index is 11.7. The van der Waals surface area contributed by atoms with E-state index in [4.69, 9.17) is 9.15 Å². The summed E-state index contributed by atoms with van der Waals surface area (Å²) in [5.41, 5.74) is 1.05. The van der Waals surface area contributed by atoms with Crippen LogP contribution in [0.1, 0.15) is 0 Å². The maximum atomic E-state index is 11.7. The third-order valence-corrected chi connectivity index (χ3v) is 2.76. The Labute approximate surface area is 123 Å². The summed E-state index contributed by atoms with van der Waals surface area (Å²) in [4.78, 5) is 25.8. The smallest absolute Gasteiger partial charge is 0.420 e. The largest absolute Gasteiger partial charge is 0.423 e. The summed E-state index contributed by atoms with van der Waals surface area (Å²) in [6.45, 7) is 0. The van der Waals surface area contributed by atoms with Crippen LogP contribution in [0.2, 0.25) is 0 Å². The SMILES string of the molecule is O=C(Nc1nc2ccccc2o1)Oc1ccc([N+](=O)[O-])cc1. The number of fused-ring (bicyclic) bond motifs is 1. The number of nitro groups is 1. The van der Waals surface area contributed by atoms with Gasteiger partial charge >= 0.3 is 12.1 Å². The molecule has 0 aliphatic carbocycles. The summed E-state index contributed by atoms with van der Waals surface area (Å²) in [5.74, 6) is 0.166. The van der Waals surface area contributed by atoms with Crippen LogP contribution in [0.3, 0.4) is 0 Å². The first-order valence-electron chi connectivity index (χ1n) is 6.21. The molecule has 2 aromatic carbocycles. The Kier molecular flexibility index (Phi) is 3.40. The van der Waals surface area contributed by atoms with Gasteiger partial charge in [-0.15, -0.1) is 0 Å². The molecule has 110 valence electrons. The standard InChI is InChI=1S/C14H9N3O5/c18-14(21-10-7-5-9(6-8-10)17(19)20)16-13-15-11-3-1-2-4-12(11)22-13/h1-8H,(H,15,16,18). The molecule has 0 radical (unpaired) electrons. The number of non-ortho nitro benzene ring substituents is 1. The highest BCUT2D eigenvalue weighted by Crippen LogP contribution is 2.20. The van der Waals surface area contributed by atoms with Crippen molar-refractivity contribution >= 4 is 28.9 Å². The second kappa shape index (κ2) is 5.52. The van der Waals surface area contributed by atoms with Gasteiger partial charge in [-0.3, -0.25) is 10.1 Å². The molecule has 0 aliphatic rings. The van der Waals surface area contributed by atoms with Crippen molar-refractivity contribution in [2.75, 3.05) is 5.32 Å². The monoisotopic (exact) mass is 299 g/mol. The first-order valence-corrected chi connectivity index (χ1v) is 6.21. The molecule has 0 spiro atoms. The summed E-state index contributed by atoms with van der Waals surface area (Å²) < 4.78 is 10.3. The van der Waals surface area contributed by atoms with Gasteiger partial charge in [-0.1, -0.05) is 12.1 Å². The third kappa shape index (κ3) is 2.85. The van der Waals surface area contributed by atoms with Crippen LogP contribution < -0.4 is 10.1 Å². The molecule has 0 bridgehead atoms. The lowest BCUT2D eigenvalue weighted by Crippen LogP contribution is -2.16. The van der Waals surface area contributed by atoms with E-state index in [1.165, 1.54) is 24.3 Å². The number of para-hydroxylation sites is 2. The van der Waals surface area contributed by atoms with Crippen molar-refractivity contribution in [2.24, 2.45) is 0 Å². The number of hydrogen-bond donors (Lipinski definition) is 1. The van der Waals surface area contributed by atoms with Crippen molar-refractivity contribution in [3.63, 3.8) is 0 Å². The van der Waals surface area contributed by atoms with E-state index in [1.54, 1.807) is 24.3 Å². The summed E-state index contributed by atoms with van der Waals surface area (Å²) in [6, 6.07) is 12.2. The van der Waals surface area contributed by atoms with Crippen LogP contribution in [0.5, 0.6) is 5.75 Å². The lowest BCUT2D eigenvalue weighted by atomic mass is 10.3. The van der Waals surface area contributed by atoms with E-state index in [0.717, 1.165) is 0 Å². The van der Waals surface area contributed by atoms with Crippen molar-refractivity contribution in [2.45, 2.75) is 0 Å². The number of ether oxygens (including phenoxy) is 1. The van der Waals surface area contributed by atoms with E-state index in [1.807, 2.05) is 0 Å². The van der Waals surface area contributed by atoms with Gasteiger partial charge in [0.15, 0.2) is 5.58 Å². The molecule has 1 aromatic heterocycles. The highest BCUT2D eigenvalue weighted by Gasteiger charge is 2.12. The zero-order valence-electron chi connectivity index (χ0n) is 11.1. The maximum Gasteiger partial charge on any atom is 0.420 e. The molecule has 1 amide bonds. The fourth-order valence-corrected chi connectivity index (χ4v) is 1.78. The Morgan fingerprint density at radius 2 is 1.91 bits per heavy atom.